The minimum atomic E-state index is -2.88. The molecule has 0 radical (unpaired) electrons. The fraction of sp³-hybridized carbons (Fsp3) is 0.478. The molecule has 14 heteroatoms. The van der Waals surface area contributed by atoms with Gasteiger partial charge in [0.1, 0.15) is 5.52 Å². The number of carbonyl (C=O) groups is 2. The normalized spacial score (nSPS) is 22.9. The number of carbonyl (C=O) groups excluding carboxylic acids is 1. The maximum atomic E-state index is 14.1. The van der Waals surface area contributed by atoms with Crippen LogP contribution < -0.4 is 5.32 Å². The SMILES string of the molecule is Cc1c(CC(=O)c2nc3c(n2C)CCN(CCC24CCC(C(=O)O)(CC2)C4)C3)cccc1-c1cccc(Nc2nc(C(F)F)nc3cc(CN4CC[C@@H](O)C4)cnc23)c1C. The van der Waals surface area contributed by atoms with Crippen molar-refractivity contribution in [2.45, 2.75) is 97.3 Å². The molecule has 2 bridgehead atoms. The van der Waals surface area contributed by atoms with Gasteiger partial charge in [0, 0.05) is 70.2 Å². The van der Waals surface area contributed by atoms with Crippen molar-refractivity contribution in [3.63, 3.8) is 0 Å². The van der Waals surface area contributed by atoms with Crippen LogP contribution in [-0.2, 0) is 37.8 Å². The molecule has 2 saturated carbocycles. The van der Waals surface area contributed by atoms with E-state index in [2.05, 4.69) is 30.1 Å². The van der Waals surface area contributed by atoms with E-state index in [0.717, 1.165) is 109 Å². The Labute approximate surface area is 348 Å². The number of rotatable bonds is 13. The molecule has 2 aliphatic carbocycles. The summed E-state index contributed by atoms with van der Waals surface area (Å²) in [6, 6.07) is 13.5. The number of nitrogens with one attached hydrogen (secondary N) is 1. The van der Waals surface area contributed by atoms with Crippen LogP contribution in [0.2, 0.25) is 0 Å². The molecule has 3 fully saturated rings. The molecule has 2 aliphatic heterocycles. The first-order chi connectivity index (χ1) is 28.8. The summed E-state index contributed by atoms with van der Waals surface area (Å²) in [6.45, 7) is 8.30. The molecule has 1 saturated heterocycles. The zero-order chi connectivity index (χ0) is 41.9. The first kappa shape index (κ1) is 40.2. The van der Waals surface area contributed by atoms with Crippen LogP contribution in [0, 0.1) is 24.7 Å². The molecule has 12 nitrogen and oxygen atoms in total. The Kier molecular flexibility index (Phi) is 10.5. The number of nitrogens with zero attached hydrogens (tertiary/aromatic N) is 7. The molecule has 5 heterocycles. The number of pyridine rings is 1. The van der Waals surface area contributed by atoms with E-state index in [1.165, 1.54) is 0 Å². The largest absolute Gasteiger partial charge is 0.481 e. The third-order valence-electron chi connectivity index (χ3n) is 14.1. The summed E-state index contributed by atoms with van der Waals surface area (Å²) in [7, 11) is 1.93. The number of ketones is 1. The lowest BCUT2D eigenvalue weighted by Crippen LogP contribution is -2.34. The molecule has 3 aromatic heterocycles. The fourth-order valence-corrected chi connectivity index (χ4v) is 10.5. The van der Waals surface area contributed by atoms with Gasteiger partial charge in [0.25, 0.3) is 6.43 Å². The van der Waals surface area contributed by atoms with Gasteiger partial charge in [-0.05, 0) is 116 Å². The zero-order valence-corrected chi connectivity index (χ0v) is 34.5. The number of aromatic nitrogens is 5. The van der Waals surface area contributed by atoms with E-state index in [0.29, 0.717) is 48.6 Å². The third-order valence-corrected chi connectivity index (χ3v) is 14.1. The molecule has 0 unspecified atom stereocenters. The molecule has 9 rings (SSSR count). The minimum absolute atomic E-state index is 0.0502. The van der Waals surface area contributed by atoms with Crippen molar-refractivity contribution in [2.24, 2.45) is 17.9 Å². The van der Waals surface area contributed by atoms with Gasteiger partial charge in [-0.2, -0.15) is 0 Å². The van der Waals surface area contributed by atoms with Gasteiger partial charge in [-0.3, -0.25) is 24.4 Å². The molecule has 2 aromatic carbocycles. The Balaban J connectivity index is 0.907. The highest BCUT2D eigenvalue weighted by Crippen LogP contribution is 2.63. The van der Waals surface area contributed by atoms with Gasteiger partial charge in [0.15, 0.2) is 17.5 Å². The number of hydrogen-bond acceptors (Lipinski definition) is 10. The lowest BCUT2D eigenvalue weighted by Gasteiger charge is -2.32. The molecule has 4 aliphatic rings. The van der Waals surface area contributed by atoms with E-state index in [1.54, 1.807) is 12.3 Å². The quantitative estimate of drug-likeness (QED) is 0.101. The summed E-state index contributed by atoms with van der Waals surface area (Å²) in [5.41, 5.74) is 8.49. The van der Waals surface area contributed by atoms with Gasteiger partial charge < -0.3 is 20.1 Å². The van der Waals surface area contributed by atoms with Crippen LogP contribution in [0.5, 0.6) is 0 Å². The van der Waals surface area contributed by atoms with Crippen LogP contribution in [0.1, 0.15) is 101 Å². The number of benzene rings is 2. The van der Waals surface area contributed by atoms with Crippen LogP contribution in [-0.4, -0.2) is 88.6 Å². The molecular formula is C46H52F2N8O4. The molecular weight excluding hydrogens is 767 g/mol. The van der Waals surface area contributed by atoms with Gasteiger partial charge in [-0.25, -0.2) is 23.7 Å². The summed E-state index contributed by atoms with van der Waals surface area (Å²) in [5.74, 6) is -0.617. The third kappa shape index (κ3) is 7.47. The summed E-state index contributed by atoms with van der Waals surface area (Å²) in [6.07, 6.45) is 5.55. The number of likely N-dealkylation sites (tertiary alicyclic amines) is 1. The van der Waals surface area contributed by atoms with Crippen molar-refractivity contribution in [1.82, 2.24) is 34.3 Å². The number of halogens is 2. The second-order valence-corrected chi connectivity index (χ2v) is 17.8. The second kappa shape index (κ2) is 15.7. The Morgan fingerprint density at radius 3 is 2.47 bits per heavy atom. The Morgan fingerprint density at radius 1 is 0.983 bits per heavy atom. The Bertz CT molecular complexity index is 2500. The molecule has 0 spiro atoms. The lowest BCUT2D eigenvalue weighted by molar-refractivity contribution is -0.148. The minimum Gasteiger partial charge on any atom is -0.481 e. The standard InChI is InChI=1S/C46H52F2N8O4/c1-27-30(21-38(58)43-52-36-25-55(18-11-37(36)54(43)3)19-16-45-12-14-46(26-45,15-13-45)44(59)60)6-4-7-32(27)33-8-5-9-34(28(33)2)50-41-39-35(51-42(53-41)40(47)48)20-29(22-49-39)23-56-17-10-31(57)24-56/h4-9,20,22,31,40,57H,10-19,21,23-26H2,1-3H3,(H,59,60)(H,50,51,53)/t31-,45?,46?/m1/s1. The number of carboxylic acids is 1. The van der Waals surface area contributed by atoms with Crippen LogP contribution in [0.25, 0.3) is 22.2 Å². The monoisotopic (exact) mass is 818 g/mol. The molecule has 0 amide bonds. The number of fused-ring (bicyclic) bond motifs is 4. The summed E-state index contributed by atoms with van der Waals surface area (Å²) in [4.78, 5) is 48.4. The van der Waals surface area contributed by atoms with Crippen LogP contribution in [0.15, 0.2) is 48.7 Å². The highest BCUT2D eigenvalue weighted by molar-refractivity contribution is 5.95. The number of β-amino-alcohol motifs (C(OH)–C–C–N with tert-alkyl or cyclic N) is 1. The Hall–Kier alpha value is -5.18. The number of carboxylic acid groups (broad SMARTS) is 1. The number of hydrogen-bond donors (Lipinski definition) is 3. The first-order valence-electron chi connectivity index (χ1n) is 21.1. The van der Waals surface area contributed by atoms with Crippen molar-refractivity contribution in [2.75, 3.05) is 31.5 Å². The van der Waals surface area contributed by atoms with E-state index < -0.39 is 23.6 Å². The second-order valence-electron chi connectivity index (χ2n) is 17.8. The molecule has 314 valence electrons. The Morgan fingerprint density at radius 2 is 1.75 bits per heavy atom. The number of Topliss-reactive ketones (excluding diaryl/α,β-unsaturated/α-hetero) is 1. The van der Waals surface area contributed by atoms with E-state index in [4.69, 9.17) is 4.98 Å². The van der Waals surface area contributed by atoms with E-state index in [-0.39, 0.29) is 29.5 Å². The average Bonchev–Trinajstić information content (AvgIpc) is 4.01. The number of anilines is 2. The smallest absolute Gasteiger partial charge is 0.309 e. The molecule has 5 aromatic rings. The van der Waals surface area contributed by atoms with Crippen molar-refractivity contribution in [3.05, 3.63) is 94.0 Å². The lowest BCUT2D eigenvalue weighted by atomic mass is 9.80. The van der Waals surface area contributed by atoms with Gasteiger partial charge in [0.05, 0.1) is 22.7 Å². The van der Waals surface area contributed by atoms with Crippen molar-refractivity contribution in [1.29, 1.82) is 0 Å². The highest BCUT2D eigenvalue weighted by Gasteiger charge is 2.57. The van der Waals surface area contributed by atoms with Gasteiger partial charge in [-0.15, -0.1) is 0 Å². The predicted octanol–water partition coefficient (Wildman–Crippen LogP) is 7.50. The number of aliphatic hydroxyl groups excluding tert-OH is 1. The predicted molar refractivity (Wildman–Crippen MR) is 223 cm³/mol. The van der Waals surface area contributed by atoms with Crippen molar-refractivity contribution >= 4 is 34.3 Å². The van der Waals surface area contributed by atoms with E-state index in [9.17, 15) is 28.6 Å². The van der Waals surface area contributed by atoms with E-state index >= 15 is 0 Å². The van der Waals surface area contributed by atoms with E-state index in [1.807, 2.05) is 61.9 Å². The van der Waals surface area contributed by atoms with Crippen LogP contribution >= 0.6 is 0 Å². The van der Waals surface area contributed by atoms with Gasteiger partial charge in [0.2, 0.25) is 5.78 Å². The first-order valence-corrected chi connectivity index (χ1v) is 21.1. The average molecular weight is 819 g/mol. The van der Waals surface area contributed by atoms with Crippen molar-refractivity contribution in [3.8, 4) is 11.1 Å². The van der Waals surface area contributed by atoms with Crippen molar-refractivity contribution < 1.29 is 28.6 Å². The van der Waals surface area contributed by atoms with Crippen LogP contribution in [0.3, 0.4) is 0 Å². The maximum Gasteiger partial charge on any atom is 0.309 e. The summed E-state index contributed by atoms with van der Waals surface area (Å²) >= 11 is 0. The van der Waals surface area contributed by atoms with Gasteiger partial charge >= 0.3 is 5.97 Å². The number of aliphatic hydroxyl groups is 1. The number of imidazole rings is 1. The topological polar surface area (TPSA) is 150 Å². The fourth-order valence-electron chi connectivity index (χ4n) is 10.5. The molecule has 60 heavy (non-hydrogen) atoms. The van der Waals surface area contributed by atoms with Gasteiger partial charge in [-0.1, -0.05) is 30.3 Å². The summed E-state index contributed by atoms with van der Waals surface area (Å²) < 4.78 is 30.2. The maximum absolute atomic E-state index is 14.1. The number of alkyl halides is 2. The molecule has 1 atom stereocenters. The van der Waals surface area contributed by atoms with Crippen LogP contribution in [0.4, 0.5) is 20.3 Å². The molecule has 3 N–H and O–H groups in total. The number of aliphatic carboxylic acids is 1. The highest BCUT2D eigenvalue weighted by atomic mass is 19.3. The zero-order valence-electron chi connectivity index (χ0n) is 34.5. The summed E-state index contributed by atoms with van der Waals surface area (Å²) in [5, 5.41) is 23.1.